The summed E-state index contributed by atoms with van der Waals surface area (Å²) in [5.74, 6) is 1.91. The van der Waals surface area contributed by atoms with Gasteiger partial charge in [0.25, 0.3) is 0 Å². The van der Waals surface area contributed by atoms with E-state index >= 15 is 0 Å². The fourth-order valence-electron chi connectivity index (χ4n) is 3.45. The highest BCUT2D eigenvalue weighted by molar-refractivity contribution is 5.81. The molecular weight excluding hydrogens is 366 g/mol. The Hall–Kier alpha value is -2.28. The summed E-state index contributed by atoms with van der Waals surface area (Å²) in [7, 11) is 3.67. The second kappa shape index (κ2) is 12.3. The van der Waals surface area contributed by atoms with Crippen molar-refractivity contribution in [2.45, 2.75) is 39.2 Å². The first kappa shape index (κ1) is 23.0. The molecule has 2 N–H and O–H groups in total. The lowest BCUT2D eigenvalue weighted by Gasteiger charge is -2.25. The number of likely N-dealkylation sites (tertiary alicyclic amines) is 1. The van der Waals surface area contributed by atoms with Crippen LogP contribution in [0.1, 0.15) is 31.7 Å². The van der Waals surface area contributed by atoms with E-state index in [0.29, 0.717) is 13.2 Å². The van der Waals surface area contributed by atoms with Gasteiger partial charge in [0.2, 0.25) is 5.91 Å². The Balaban J connectivity index is 1.69. The van der Waals surface area contributed by atoms with Crippen LogP contribution in [-0.2, 0) is 4.79 Å². The molecule has 1 unspecified atom stereocenters. The van der Waals surface area contributed by atoms with E-state index in [1.807, 2.05) is 38.4 Å². The van der Waals surface area contributed by atoms with E-state index in [1.54, 1.807) is 4.90 Å². The van der Waals surface area contributed by atoms with Gasteiger partial charge in [-0.2, -0.15) is 0 Å². The van der Waals surface area contributed by atoms with E-state index in [2.05, 4.69) is 34.4 Å². The Bertz CT molecular complexity index is 645. The number of hydrogen-bond acceptors (Lipinski definition) is 4. The average molecular weight is 404 g/mol. The number of ether oxygens (including phenoxy) is 1. The number of aryl methyl sites for hydroxylation is 1. The van der Waals surface area contributed by atoms with Crippen molar-refractivity contribution in [3.8, 4) is 5.75 Å². The minimum atomic E-state index is 0.0410. The number of hydrogen-bond donors (Lipinski definition) is 2. The molecule has 1 aromatic carbocycles. The number of nitrogens with zero attached hydrogens (tertiary/aromatic N) is 3. The minimum absolute atomic E-state index is 0.0410. The van der Waals surface area contributed by atoms with Gasteiger partial charge in [0, 0.05) is 33.7 Å². The van der Waals surface area contributed by atoms with E-state index in [9.17, 15) is 4.79 Å². The van der Waals surface area contributed by atoms with E-state index in [-0.39, 0.29) is 11.9 Å². The smallest absolute Gasteiger partial charge is 0.239 e. The van der Waals surface area contributed by atoms with Crippen LogP contribution in [0.25, 0.3) is 0 Å². The van der Waals surface area contributed by atoms with E-state index in [4.69, 9.17) is 4.74 Å². The second-order valence-corrected chi connectivity index (χ2v) is 7.63. The summed E-state index contributed by atoms with van der Waals surface area (Å²) in [6.07, 6.45) is 3.00. The Morgan fingerprint density at radius 1 is 1.28 bits per heavy atom. The van der Waals surface area contributed by atoms with Crippen molar-refractivity contribution in [1.29, 1.82) is 0 Å². The maximum absolute atomic E-state index is 12.3. The SMILES string of the molecule is CCNC(=NCCCN1CCCC1C(=O)N(C)C)NCCOc1ccc(C)cc1. The van der Waals surface area contributed by atoms with Gasteiger partial charge < -0.3 is 20.3 Å². The van der Waals surface area contributed by atoms with Crippen LogP contribution in [0.5, 0.6) is 5.75 Å². The summed E-state index contributed by atoms with van der Waals surface area (Å²) in [6, 6.07) is 8.11. The first-order valence-corrected chi connectivity index (χ1v) is 10.7. The molecule has 0 bridgehead atoms. The topological polar surface area (TPSA) is 69.2 Å². The van der Waals surface area contributed by atoms with E-state index < -0.39 is 0 Å². The molecule has 7 heteroatoms. The normalized spacial score (nSPS) is 17.2. The third-order valence-electron chi connectivity index (χ3n) is 4.99. The van der Waals surface area contributed by atoms with Crippen molar-refractivity contribution < 1.29 is 9.53 Å². The molecule has 7 nitrogen and oxygen atoms in total. The number of carbonyl (C=O) groups is 1. The molecule has 1 aromatic rings. The molecule has 1 aliphatic rings. The maximum atomic E-state index is 12.3. The van der Waals surface area contributed by atoms with Crippen LogP contribution >= 0.6 is 0 Å². The van der Waals surface area contributed by atoms with Crippen molar-refractivity contribution in [2.75, 3.05) is 53.4 Å². The molecule has 1 aliphatic heterocycles. The van der Waals surface area contributed by atoms with Gasteiger partial charge >= 0.3 is 0 Å². The molecule has 0 spiro atoms. The van der Waals surface area contributed by atoms with Gasteiger partial charge in [-0.1, -0.05) is 17.7 Å². The summed E-state index contributed by atoms with van der Waals surface area (Å²) in [6.45, 7) is 8.84. The summed E-state index contributed by atoms with van der Waals surface area (Å²) in [4.78, 5) is 20.9. The molecule has 1 saturated heterocycles. The minimum Gasteiger partial charge on any atom is -0.492 e. The molecule has 0 radical (unpaired) electrons. The Morgan fingerprint density at radius 3 is 2.72 bits per heavy atom. The van der Waals surface area contributed by atoms with Crippen LogP contribution in [0, 0.1) is 6.92 Å². The second-order valence-electron chi connectivity index (χ2n) is 7.63. The highest BCUT2D eigenvalue weighted by atomic mass is 16.5. The first-order valence-electron chi connectivity index (χ1n) is 10.7. The van der Waals surface area contributed by atoms with Crippen LogP contribution in [0.4, 0.5) is 0 Å². The molecule has 29 heavy (non-hydrogen) atoms. The lowest BCUT2D eigenvalue weighted by atomic mass is 10.2. The van der Waals surface area contributed by atoms with E-state index in [0.717, 1.165) is 57.2 Å². The maximum Gasteiger partial charge on any atom is 0.239 e. The van der Waals surface area contributed by atoms with Gasteiger partial charge in [0.05, 0.1) is 12.6 Å². The zero-order chi connectivity index (χ0) is 21.1. The van der Waals surface area contributed by atoms with Crippen molar-refractivity contribution >= 4 is 11.9 Å². The molecule has 1 atom stereocenters. The predicted octanol–water partition coefficient (Wildman–Crippen LogP) is 1.87. The van der Waals surface area contributed by atoms with E-state index in [1.165, 1.54) is 5.56 Å². The number of guanidine groups is 1. The number of likely N-dealkylation sites (N-methyl/N-ethyl adjacent to an activating group) is 1. The standard InChI is InChI=1S/C22H37N5O2/c1-5-23-22(25-14-17-29-19-11-9-18(2)10-12-19)24-13-7-16-27-15-6-8-20(27)21(28)26(3)4/h9-12,20H,5-8,13-17H2,1-4H3,(H2,23,24,25). The zero-order valence-electron chi connectivity index (χ0n) is 18.4. The molecule has 0 saturated carbocycles. The quantitative estimate of drug-likeness (QED) is 0.355. The zero-order valence-corrected chi connectivity index (χ0v) is 18.4. The highest BCUT2D eigenvalue weighted by Gasteiger charge is 2.30. The van der Waals surface area contributed by atoms with Gasteiger partial charge in [-0.15, -0.1) is 0 Å². The summed E-state index contributed by atoms with van der Waals surface area (Å²) >= 11 is 0. The Kier molecular flexibility index (Phi) is 9.77. The largest absolute Gasteiger partial charge is 0.492 e. The Morgan fingerprint density at radius 2 is 2.03 bits per heavy atom. The molecule has 1 amide bonds. The average Bonchev–Trinajstić information content (AvgIpc) is 3.17. The van der Waals surface area contributed by atoms with Gasteiger partial charge in [-0.3, -0.25) is 14.7 Å². The Labute approximate surface area is 175 Å². The van der Waals surface area contributed by atoms with Crippen LogP contribution in [0.2, 0.25) is 0 Å². The van der Waals surface area contributed by atoms with Crippen molar-refractivity contribution in [3.63, 3.8) is 0 Å². The number of rotatable bonds is 10. The number of amides is 1. The number of aliphatic imine (C=N–C) groups is 1. The lowest BCUT2D eigenvalue weighted by Crippen LogP contribution is -2.43. The number of nitrogens with one attached hydrogen (secondary N) is 2. The van der Waals surface area contributed by atoms with Crippen LogP contribution < -0.4 is 15.4 Å². The fourth-order valence-corrected chi connectivity index (χ4v) is 3.45. The van der Waals surface area contributed by atoms with Gasteiger partial charge in [-0.25, -0.2) is 0 Å². The van der Waals surface area contributed by atoms with Crippen LogP contribution in [0.3, 0.4) is 0 Å². The fraction of sp³-hybridized carbons (Fsp3) is 0.636. The molecule has 0 aliphatic carbocycles. The third kappa shape index (κ3) is 7.93. The van der Waals surface area contributed by atoms with Crippen molar-refractivity contribution in [1.82, 2.24) is 20.4 Å². The summed E-state index contributed by atoms with van der Waals surface area (Å²) in [5, 5.41) is 6.58. The molecule has 162 valence electrons. The van der Waals surface area contributed by atoms with Crippen molar-refractivity contribution in [2.24, 2.45) is 4.99 Å². The molecular formula is C22H37N5O2. The molecule has 1 heterocycles. The molecule has 2 rings (SSSR count). The van der Waals surface area contributed by atoms with Gasteiger partial charge in [0.15, 0.2) is 5.96 Å². The monoisotopic (exact) mass is 403 g/mol. The third-order valence-corrected chi connectivity index (χ3v) is 4.99. The van der Waals surface area contributed by atoms with Gasteiger partial charge in [0.1, 0.15) is 12.4 Å². The number of carbonyl (C=O) groups excluding carboxylic acids is 1. The molecule has 0 aromatic heterocycles. The molecule has 1 fully saturated rings. The highest BCUT2D eigenvalue weighted by Crippen LogP contribution is 2.18. The first-order chi connectivity index (χ1) is 14.0. The summed E-state index contributed by atoms with van der Waals surface area (Å²) < 4.78 is 5.75. The van der Waals surface area contributed by atoms with Crippen LogP contribution in [0.15, 0.2) is 29.3 Å². The predicted molar refractivity (Wildman–Crippen MR) is 119 cm³/mol. The van der Waals surface area contributed by atoms with Crippen molar-refractivity contribution in [3.05, 3.63) is 29.8 Å². The summed E-state index contributed by atoms with van der Waals surface area (Å²) in [5.41, 5.74) is 1.23. The van der Waals surface area contributed by atoms with Crippen LogP contribution in [-0.4, -0.2) is 81.1 Å². The number of benzene rings is 1. The van der Waals surface area contributed by atoms with Gasteiger partial charge in [-0.05, 0) is 51.8 Å². The lowest BCUT2D eigenvalue weighted by molar-refractivity contribution is -0.133.